The molecule has 0 amide bonds. The van der Waals surface area contributed by atoms with Gasteiger partial charge in [0.25, 0.3) is 0 Å². The number of fused-ring (bicyclic) bond motifs is 2. The third-order valence-corrected chi connectivity index (χ3v) is 6.67. The fraction of sp³-hybridized carbons (Fsp3) is 0.118. The zero-order chi connectivity index (χ0) is 28.9. The summed E-state index contributed by atoms with van der Waals surface area (Å²) < 4.78 is 0. The lowest BCUT2D eigenvalue weighted by Gasteiger charge is -2.29. The van der Waals surface area contributed by atoms with Gasteiger partial charge in [-0.3, -0.25) is 0 Å². The molecule has 5 aromatic rings. The molecule has 5 aromatic carbocycles. The highest BCUT2D eigenvalue weighted by atomic mass is 16.7. The predicted octanol–water partition coefficient (Wildman–Crippen LogP) is 8.04. The first-order valence-electron chi connectivity index (χ1n) is 13.2. The van der Waals surface area contributed by atoms with Crippen molar-refractivity contribution in [3.8, 4) is 0 Å². The van der Waals surface area contributed by atoms with Crippen molar-refractivity contribution < 1.29 is 19.3 Å². The van der Waals surface area contributed by atoms with Crippen LogP contribution in [0.5, 0.6) is 0 Å². The van der Waals surface area contributed by atoms with Crippen LogP contribution in [-0.2, 0) is 19.3 Å². The van der Waals surface area contributed by atoms with Gasteiger partial charge in [0, 0.05) is 41.6 Å². The van der Waals surface area contributed by atoms with Crippen molar-refractivity contribution in [2.24, 2.45) is 10.3 Å². The van der Waals surface area contributed by atoms with Crippen LogP contribution >= 0.6 is 0 Å². The van der Waals surface area contributed by atoms with E-state index in [0.29, 0.717) is 11.4 Å². The molecule has 0 fully saturated rings. The summed E-state index contributed by atoms with van der Waals surface area (Å²) in [5.74, 6) is -0.937. The van der Waals surface area contributed by atoms with E-state index in [-0.39, 0.29) is 0 Å². The predicted molar refractivity (Wildman–Crippen MR) is 164 cm³/mol. The Morgan fingerprint density at radius 3 is 1.49 bits per heavy atom. The second-order valence-corrected chi connectivity index (χ2v) is 9.55. The fourth-order valence-electron chi connectivity index (χ4n) is 4.94. The number of nitrogens with zero attached hydrogens (tertiary/aromatic N) is 3. The van der Waals surface area contributed by atoms with Crippen LogP contribution in [-0.4, -0.2) is 23.4 Å². The zero-order valence-electron chi connectivity index (χ0n) is 23.3. The number of hydrogen-bond acceptors (Lipinski definition) is 7. The molecule has 0 N–H and O–H groups in total. The highest BCUT2D eigenvalue weighted by Crippen LogP contribution is 2.45. The standard InChI is InChI=1S/C34H29N3O4/c1-22(35-40-24(3)38)26-18-20-28(21-19-26)37(27-12-6-5-7-13-27)34-31-16-10-8-14-29(31)33(23(2)36-41-25(4)39)30-15-9-11-17-32(30)34/h5-21H,1-4H3/b35-22-,36-23+. The van der Waals surface area contributed by atoms with Crippen LogP contribution in [0.4, 0.5) is 17.1 Å². The summed E-state index contributed by atoms with van der Waals surface area (Å²) in [6, 6.07) is 34.5. The van der Waals surface area contributed by atoms with Crippen LogP contribution in [0.1, 0.15) is 38.8 Å². The van der Waals surface area contributed by atoms with Crippen molar-refractivity contribution in [1.82, 2.24) is 0 Å². The quantitative estimate of drug-likeness (QED) is 0.0898. The average Bonchev–Trinajstić information content (AvgIpc) is 2.99. The smallest absolute Gasteiger partial charge is 0.318 e. The van der Waals surface area contributed by atoms with Crippen molar-refractivity contribution in [1.29, 1.82) is 0 Å². The number of para-hydroxylation sites is 1. The van der Waals surface area contributed by atoms with Crippen molar-refractivity contribution in [3.05, 3.63) is 114 Å². The van der Waals surface area contributed by atoms with Crippen LogP contribution in [0.25, 0.3) is 21.5 Å². The van der Waals surface area contributed by atoms with E-state index in [0.717, 1.165) is 49.7 Å². The van der Waals surface area contributed by atoms with Gasteiger partial charge in [-0.25, -0.2) is 9.59 Å². The maximum Gasteiger partial charge on any atom is 0.331 e. The van der Waals surface area contributed by atoms with E-state index < -0.39 is 11.9 Å². The van der Waals surface area contributed by atoms with Gasteiger partial charge in [0.2, 0.25) is 0 Å². The van der Waals surface area contributed by atoms with Gasteiger partial charge in [-0.15, -0.1) is 0 Å². The molecule has 7 heteroatoms. The molecular formula is C34H29N3O4. The number of carbonyl (C=O) groups excluding carboxylic acids is 2. The second-order valence-electron chi connectivity index (χ2n) is 9.55. The van der Waals surface area contributed by atoms with Crippen molar-refractivity contribution in [2.45, 2.75) is 27.7 Å². The summed E-state index contributed by atoms with van der Waals surface area (Å²) in [6.07, 6.45) is 0. The minimum atomic E-state index is -0.471. The Hall–Kier alpha value is -5.30. The summed E-state index contributed by atoms with van der Waals surface area (Å²) in [5.41, 5.74) is 5.88. The van der Waals surface area contributed by atoms with Crippen molar-refractivity contribution in [2.75, 3.05) is 4.90 Å². The lowest BCUT2D eigenvalue weighted by atomic mass is 9.91. The average molecular weight is 544 g/mol. The molecule has 0 heterocycles. The Morgan fingerprint density at radius 2 is 0.976 bits per heavy atom. The van der Waals surface area contributed by atoms with Crippen LogP contribution in [0.15, 0.2) is 113 Å². The van der Waals surface area contributed by atoms with E-state index in [1.54, 1.807) is 6.92 Å². The van der Waals surface area contributed by atoms with Crippen LogP contribution in [0, 0.1) is 0 Å². The molecule has 0 saturated heterocycles. The molecule has 0 aliphatic heterocycles. The molecule has 5 rings (SSSR count). The Kier molecular flexibility index (Phi) is 7.87. The molecule has 0 aliphatic rings. The normalized spacial score (nSPS) is 11.9. The molecular weight excluding hydrogens is 514 g/mol. The van der Waals surface area contributed by atoms with Crippen LogP contribution < -0.4 is 4.90 Å². The summed E-state index contributed by atoms with van der Waals surface area (Å²) in [6.45, 7) is 6.31. The van der Waals surface area contributed by atoms with E-state index in [4.69, 9.17) is 9.68 Å². The summed E-state index contributed by atoms with van der Waals surface area (Å²) in [5, 5.41) is 12.1. The molecule has 0 atom stereocenters. The molecule has 7 nitrogen and oxygen atoms in total. The first-order chi connectivity index (χ1) is 19.8. The van der Waals surface area contributed by atoms with Gasteiger partial charge in [0.15, 0.2) is 0 Å². The van der Waals surface area contributed by atoms with E-state index in [2.05, 4.69) is 51.6 Å². The lowest BCUT2D eigenvalue weighted by molar-refractivity contribution is -0.141. The first-order valence-corrected chi connectivity index (χ1v) is 13.2. The first kappa shape index (κ1) is 27.3. The van der Waals surface area contributed by atoms with E-state index >= 15 is 0 Å². The van der Waals surface area contributed by atoms with Crippen molar-refractivity contribution in [3.63, 3.8) is 0 Å². The van der Waals surface area contributed by atoms with E-state index in [1.807, 2.05) is 73.7 Å². The van der Waals surface area contributed by atoms with Gasteiger partial charge < -0.3 is 14.6 Å². The van der Waals surface area contributed by atoms with E-state index in [9.17, 15) is 9.59 Å². The summed E-state index contributed by atoms with van der Waals surface area (Å²) in [7, 11) is 0. The number of oxime groups is 2. The maximum atomic E-state index is 11.5. The van der Waals surface area contributed by atoms with E-state index in [1.165, 1.54) is 13.8 Å². The number of benzene rings is 5. The van der Waals surface area contributed by atoms with Crippen molar-refractivity contribution >= 4 is 62.0 Å². The fourth-order valence-corrected chi connectivity index (χ4v) is 4.94. The Balaban J connectivity index is 1.78. The van der Waals surface area contributed by atoms with Gasteiger partial charge in [-0.05, 0) is 54.4 Å². The minimum Gasteiger partial charge on any atom is -0.318 e. The highest BCUT2D eigenvalue weighted by Gasteiger charge is 2.22. The van der Waals surface area contributed by atoms with Crippen LogP contribution in [0.2, 0.25) is 0 Å². The number of hydrogen-bond donors (Lipinski definition) is 0. The zero-order valence-corrected chi connectivity index (χ0v) is 23.3. The Labute approximate surface area is 238 Å². The molecule has 41 heavy (non-hydrogen) atoms. The molecule has 204 valence electrons. The third kappa shape index (κ3) is 5.70. The Morgan fingerprint density at radius 1 is 0.537 bits per heavy atom. The van der Waals surface area contributed by atoms with Crippen LogP contribution in [0.3, 0.4) is 0 Å². The molecule has 0 aromatic heterocycles. The lowest BCUT2D eigenvalue weighted by Crippen LogP contribution is -2.13. The van der Waals surface area contributed by atoms with Gasteiger partial charge in [-0.1, -0.05) is 89.2 Å². The molecule has 0 bridgehead atoms. The maximum absolute atomic E-state index is 11.5. The number of carbonyl (C=O) groups is 2. The van der Waals surface area contributed by atoms with Gasteiger partial charge in [0.05, 0.1) is 17.1 Å². The molecule has 0 unspecified atom stereocenters. The minimum absolute atomic E-state index is 0.466. The number of anilines is 3. The van der Waals surface area contributed by atoms with Gasteiger partial charge in [0.1, 0.15) is 0 Å². The summed E-state index contributed by atoms with van der Waals surface area (Å²) >= 11 is 0. The number of rotatable bonds is 7. The summed E-state index contributed by atoms with van der Waals surface area (Å²) in [4.78, 5) is 34.8. The molecule has 0 spiro atoms. The monoisotopic (exact) mass is 543 g/mol. The third-order valence-electron chi connectivity index (χ3n) is 6.67. The SMILES string of the molecule is CC(=O)O/N=C(/C)c1ccc(N(c2ccccc2)c2c3ccccc3c(/C(C)=N/OC(C)=O)c3ccccc23)cc1. The second kappa shape index (κ2) is 11.8. The Bertz CT molecular complexity index is 1750. The molecule has 0 saturated carbocycles. The van der Waals surface area contributed by atoms with Gasteiger partial charge in [-0.2, -0.15) is 0 Å². The topological polar surface area (TPSA) is 80.6 Å². The highest BCUT2D eigenvalue weighted by molar-refractivity contribution is 6.26. The molecule has 0 aliphatic carbocycles. The largest absolute Gasteiger partial charge is 0.331 e. The van der Waals surface area contributed by atoms with Gasteiger partial charge >= 0.3 is 11.9 Å². The molecule has 0 radical (unpaired) electrons.